The lowest BCUT2D eigenvalue weighted by molar-refractivity contribution is -0.131. The van der Waals surface area contributed by atoms with Gasteiger partial charge in [0.25, 0.3) is 5.78 Å². The van der Waals surface area contributed by atoms with Gasteiger partial charge in [-0.1, -0.05) is 12.1 Å². The topological polar surface area (TPSA) is 67.3 Å². The predicted octanol–water partition coefficient (Wildman–Crippen LogP) is 1.56. The van der Waals surface area contributed by atoms with Gasteiger partial charge in [-0.3, -0.25) is 4.79 Å². The molecule has 0 saturated carbocycles. The van der Waals surface area contributed by atoms with E-state index in [0.29, 0.717) is 0 Å². The van der Waals surface area contributed by atoms with Gasteiger partial charge in [-0.25, -0.2) is 4.79 Å². The third-order valence-corrected chi connectivity index (χ3v) is 2.57. The first-order chi connectivity index (χ1) is 6.68. The second-order valence-electron chi connectivity index (χ2n) is 2.71. The molecular weight excluding hydrogens is 202 g/mol. The van der Waals surface area contributed by atoms with Gasteiger partial charge in [-0.05, 0) is 17.6 Å². The summed E-state index contributed by atoms with van der Waals surface area (Å²) in [7, 11) is 0. The zero-order valence-corrected chi connectivity index (χ0v) is 7.75. The Hall–Kier alpha value is -1.75. The summed E-state index contributed by atoms with van der Waals surface area (Å²) in [5, 5.41) is 9.41. The minimum absolute atomic E-state index is 0.189. The highest BCUT2D eigenvalue weighted by atomic mass is 32.1. The number of carboxylic acids is 1. The van der Waals surface area contributed by atoms with E-state index >= 15 is 0 Å². The van der Waals surface area contributed by atoms with Crippen molar-refractivity contribution in [2.45, 2.75) is 0 Å². The van der Waals surface area contributed by atoms with Gasteiger partial charge in [0.2, 0.25) is 0 Å². The van der Waals surface area contributed by atoms with Crippen LogP contribution >= 0.6 is 11.5 Å². The number of carbonyl (C=O) groups excluding carboxylic acids is 1. The highest BCUT2D eigenvalue weighted by Crippen LogP contribution is 2.19. The van der Waals surface area contributed by atoms with E-state index in [4.69, 9.17) is 5.11 Å². The monoisotopic (exact) mass is 207 g/mol. The van der Waals surface area contributed by atoms with Crippen LogP contribution in [0.15, 0.2) is 24.4 Å². The van der Waals surface area contributed by atoms with E-state index in [0.717, 1.165) is 10.1 Å². The maximum absolute atomic E-state index is 11.1. The molecule has 0 unspecified atom stereocenters. The van der Waals surface area contributed by atoms with Crippen LogP contribution in [-0.4, -0.2) is 21.2 Å². The van der Waals surface area contributed by atoms with Crippen LogP contribution < -0.4 is 0 Å². The predicted molar refractivity (Wildman–Crippen MR) is 51.6 cm³/mol. The van der Waals surface area contributed by atoms with Crippen LogP contribution in [0.4, 0.5) is 0 Å². The molecule has 14 heavy (non-hydrogen) atoms. The van der Waals surface area contributed by atoms with Gasteiger partial charge >= 0.3 is 5.97 Å². The maximum atomic E-state index is 11.1. The standard InChI is InChI=1S/C9H5NO3S/c11-8(9(12)13)5-1-2-6-4-10-14-7(6)3-5/h1-4H,(H,12,13). The molecule has 1 aromatic heterocycles. The number of rotatable bonds is 2. The van der Waals surface area contributed by atoms with Gasteiger partial charge in [0.05, 0.1) is 4.70 Å². The van der Waals surface area contributed by atoms with E-state index in [1.165, 1.54) is 17.6 Å². The second kappa shape index (κ2) is 3.19. The average molecular weight is 207 g/mol. The molecule has 1 aromatic carbocycles. The molecule has 70 valence electrons. The summed E-state index contributed by atoms with van der Waals surface area (Å²) in [5.74, 6) is -2.32. The Morgan fingerprint density at radius 1 is 1.36 bits per heavy atom. The number of Topliss-reactive ketones (excluding diaryl/α,β-unsaturated/α-hetero) is 1. The molecule has 5 heteroatoms. The summed E-state index contributed by atoms with van der Waals surface area (Å²) >= 11 is 1.24. The third-order valence-electron chi connectivity index (χ3n) is 1.81. The van der Waals surface area contributed by atoms with Crippen molar-refractivity contribution >= 4 is 33.4 Å². The SMILES string of the molecule is O=C(O)C(=O)c1ccc2cnsc2c1. The number of benzene rings is 1. The van der Waals surface area contributed by atoms with Crippen LogP contribution in [0.3, 0.4) is 0 Å². The number of carbonyl (C=O) groups is 2. The number of fused-ring (bicyclic) bond motifs is 1. The average Bonchev–Trinajstić information content (AvgIpc) is 2.62. The lowest BCUT2D eigenvalue weighted by Gasteiger charge is -1.94. The zero-order chi connectivity index (χ0) is 10.1. The fraction of sp³-hybridized carbons (Fsp3) is 0. The molecule has 2 aromatic rings. The molecule has 0 saturated heterocycles. The molecule has 0 spiro atoms. The summed E-state index contributed by atoms with van der Waals surface area (Å²) in [6.07, 6.45) is 1.68. The molecule has 0 radical (unpaired) electrons. The van der Waals surface area contributed by atoms with Crippen molar-refractivity contribution in [1.82, 2.24) is 4.37 Å². The first-order valence-corrected chi connectivity index (χ1v) is 4.58. The summed E-state index contributed by atoms with van der Waals surface area (Å²) in [6.45, 7) is 0. The van der Waals surface area contributed by atoms with E-state index < -0.39 is 11.8 Å². The quantitative estimate of drug-likeness (QED) is 0.599. The molecule has 0 fully saturated rings. The van der Waals surface area contributed by atoms with Gasteiger partial charge in [-0.2, -0.15) is 4.37 Å². The highest BCUT2D eigenvalue weighted by molar-refractivity contribution is 7.13. The van der Waals surface area contributed by atoms with Crippen molar-refractivity contribution in [3.63, 3.8) is 0 Å². The van der Waals surface area contributed by atoms with E-state index in [9.17, 15) is 9.59 Å². The molecule has 0 amide bonds. The Kier molecular flexibility index (Phi) is 2.01. The fourth-order valence-electron chi connectivity index (χ4n) is 1.12. The molecule has 1 heterocycles. The highest BCUT2D eigenvalue weighted by Gasteiger charge is 2.14. The Bertz CT molecular complexity index is 518. The first kappa shape index (κ1) is 8.83. The summed E-state index contributed by atoms with van der Waals surface area (Å²) in [6, 6.07) is 4.73. The third kappa shape index (κ3) is 1.38. The van der Waals surface area contributed by atoms with Crippen LogP contribution in [-0.2, 0) is 4.79 Å². The Morgan fingerprint density at radius 3 is 2.86 bits per heavy atom. The number of aliphatic carboxylic acids is 1. The number of hydrogen-bond acceptors (Lipinski definition) is 4. The smallest absolute Gasteiger partial charge is 0.377 e. The molecule has 0 bridgehead atoms. The van der Waals surface area contributed by atoms with Crippen molar-refractivity contribution in [3.05, 3.63) is 30.0 Å². The molecule has 0 aliphatic rings. The van der Waals surface area contributed by atoms with Gasteiger partial charge in [-0.15, -0.1) is 0 Å². The second-order valence-corrected chi connectivity index (χ2v) is 3.55. The first-order valence-electron chi connectivity index (χ1n) is 3.80. The van der Waals surface area contributed by atoms with Crippen LogP contribution in [0.5, 0.6) is 0 Å². The number of aromatic nitrogens is 1. The lowest BCUT2D eigenvalue weighted by atomic mass is 10.1. The van der Waals surface area contributed by atoms with Crippen LogP contribution in [0.25, 0.3) is 10.1 Å². The summed E-state index contributed by atoms with van der Waals surface area (Å²) in [5.41, 5.74) is 0.189. The Labute approximate surface area is 83.0 Å². The van der Waals surface area contributed by atoms with Gasteiger partial charge in [0, 0.05) is 17.1 Å². The molecule has 0 aliphatic heterocycles. The van der Waals surface area contributed by atoms with Gasteiger partial charge in [0.1, 0.15) is 0 Å². The Balaban J connectivity index is 2.54. The normalized spacial score (nSPS) is 10.3. The Morgan fingerprint density at radius 2 is 2.14 bits per heavy atom. The van der Waals surface area contributed by atoms with Crippen molar-refractivity contribution < 1.29 is 14.7 Å². The minimum atomic E-state index is -1.44. The maximum Gasteiger partial charge on any atom is 0.377 e. The van der Waals surface area contributed by atoms with E-state index in [2.05, 4.69) is 4.37 Å². The number of nitrogens with zero attached hydrogens (tertiary/aromatic N) is 1. The lowest BCUT2D eigenvalue weighted by Crippen LogP contribution is -2.12. The van der Waals surface area contributed by atoms with E-state index in [1.54, 1.807) is 18.3 Å². The zero-order valence-electron chi connectivity index (χ0n) is 6.93. The van der Waals surface area contributed by atoms with Gasteiger partial charge < -0.3 is 5.11 Å². The largest absolute Gasteiger partial charge is 0.475 e. The van der Waals surface area contributed by atoms with Gasteiger partial charge in [0.15, 0.2) is 0 Å². The summed E-state index contributed by atoms with van der Waals surface area (Å²) in [4.78, 5) is 21.5. The molecule has 0 aliphatic carbocycles. The minimum Gasteiger partial charge on any atom is -0.475 e. The van der Waals surface area contributed by atoms with Crippen LogP contribution in [0.1, 0.15) is 10.4 Å². The van der Waals surface area contributed by atoms with E-state index in [1.807, 2.05) is 0 Å². The molecule has 0 atom stereocenters. The fourth-order valence-corrected chi connectivity index (χ4v) is 1.81. The molecule has 2 rings (SSSR count). The van der Waals surface area contributed by atoms with Crippen molar-refractivity contribution in [1.29, 1.82) is 0 Å². The van der Waals surface area contributed by atoms with Crippen molar-refractivity contribution in [3.8, 4) is 0 Å². The molecule has 1 N–H and O–H groups in total. The van der Waals surface area contributed by atoms with Crippen molar-refractivity contribution in [2.75, 3.05) is 0 Å². The van der Waals surface area contributed by atoms with Crippen molar-refractivity contribution in [2.24, 2.45) is 0 Å². The van der Waals surface area contributed by atoms with E-state index in [-0.39, 0.29) is 5.56 Å². The van der Waals surface area contributed by atoms with Crippen LogP contribution in [0, 0.1) is 0 Å². The number of ketones is 1. The van der Waals surface area contributed by atoms with Crippen LogP contribution in [0.2, 0.25) is 0 Å². The molecule has 4 nitrogen and oxygen atoms in total. The number of hydrogen-bond donors (Lipinski definition) is 1. The molecular formula is C9H5NO3S. The number of carboxylic acid groups (broad SMARTS) is 1. The summed E-state index contributed by atoms with van der Waals surface area (Å²) < 4.78 is 4.75.